The van der Waals surface area contributed by atoms with Crippen LogP contribution in [0.4, 0.5) is 5.69 Å². The summed E-state index contributed by atoms with van der Waals surface area (Å²) < 4.78 is 6.05. The summed E-state index contributed by atoms with van der Waals surface area (Å²) in [4.78, 5) is 22.8. The lowest BCUT2D eigenvalue weighted by Gasteiger charge is -2.12. The molecule has 1 N–H and O–H groups in total. The molecule has 0 aliphatic rings. The number of benzene rings is 4. The SMILES string of the molecule is O=C(N/N=C/c1ccc(Cl)c([N+](=O)[O-])c1)c1ccc(COc2ccccc2-c2ccccc2)cc1. The van der Waals surface area contributed by atoms with E-state index in [0.717, 1.165) is 22.4 Å². The summed E-state index contributed by atoms with van der Waals surface area (Å²) in [6, 6.07) is 29.1. The molecule has 0 aliphatic heterocycles. The van der Waals surface area contributed by atoms with Crippen molar-refractivity contribution in [1.82, 2.24) is 5.43 Å². The van der Waals surface area contributed by atoms with E-state index in [1.807, 2.05) is 66.7 Å². The number of ether oxygens (including phenoxy) is 1. The number of nitrogens with zero attached hydrogens (tertiary/aromatic N) is 2. The standard InChI is InChI=1S/C27H20ClN3O4/c28-24-15-12-20(16-25(24)31(33)34)17-29-30-27(32)22-13-10-19(11-14-22)18-35-26-9-5-4-8-23(26)21-6-2-1-3-7-21/h1-17H,18H2,(H,30,32)/b29-17+. The summed E-state index contributed by atoms with van der Waals surface area (Å²) in [5, 5.41) is 14.9. The Bertz CT molecular complexity index is 1370. The van der Waals surface area contributed by atoms with Gasteiger partial charge in [0.25, 0.3) is 11.6 Å². The molecule has 35 heavy (non-hydrogen) atoms. The number of rotatable bonds is 8. The van der Waals surface area contributed by atoms with Crippen LogP contribution in [0, 0.1) is 10.1 Å². The number of carbonyl (C=O) groups is 1. The highest BCUT2D eigenvalue weighted by Gasteiger charge is 2.12. The normalized spacial score (nSPS) is 10.8. The van der Waals surface area contributed by atoms with Crippen LogP contribution in [0.3, 0.4) is 0 Å². The van der Waals surface area contributed by atoms with Crippen molar-refractivity contribution in [2.45, 2.75) is 6.61 Å². The molecule has 174 valence electrons. The van der Waals surface area contributed by atoms with Gasteiger partial charge in [-0.05, 0) is 35.4 Å². The van der Waals surface area contributed by atoms with Crippen molar-refractivity contribution in [3.8, 4) is 16.9 Å². The van der Waals surface area contributed by atoms with Crippen LogP contribution in [0.1, 0.15) is 21.5 Å². The molecule has 0 aliphatic carbocycles. The lowest BCUT2D eigenvalue weighted by atomic mass is 10.0. The van der Waals surface area contributed by atoms with Gasteiger partial charge in [0.15, 0.2) is 0 Å². The molecule has 0 unspecified atom stereocenters. The maximum atomic E-state index is 12.4. The molecular weight excluding hydrogens is 466 g/mol. The van der Waals surface area contributed by atoms with Crippen molar-refractivity contribution in [3.05, 3.63) is 129 Å². The highest BCUT2D eigenvalue weighted by molar-refractivity contribution is 6.32. The summed E-state index contributed by atoms with van der Waals surface area (Å²) >= 11 is 5.80. The largest absolute Gasteiger partial charge is 0.488 e. The van der Waals surface area contributed by atoms with Crippen LogP contribution >= 0.6 is 11.6 Å². The Morgan fingerprint density at radius 2 is 1.69 bits per heavy atom. The highest BCUT2D eigenvalue weighted by atomic mass is 35.5. The number of nitrogens with one attached hydrogen (secondary N) is 1. The monoisotopic (exact) mass is 485 g/mol. The van der Waals surface area contributed by atoms with Crippen molar-refractivity contribution in [2.75, 3.05) is 0 Å². The van der Waals surface area contributed by atoms with Gasteiger partial charge in [0.2, 0.25) is 0 Å². The van der Waals surface area contributed by atoms with Crippen LogP contribution in [-0.4, -0.2) is 17.0 Å². The predicted molar refractivity (Wildman–Crippen MR) is 136 cm³/mol. The van der Waals surface area contributed by atoms with E-state index in [1.165, 1.54) is 18.3 Å². The van der Waals surface area contributed by atoms with Crippen LogP contribution in [0.2, 0.25) is 5.02 Å². The van der Waals surface area contributed by atoms with Gasteiger partial charge in [-0.2, -0.15) is 5.10 Å². The van der Waals surface area contributed by atoms with Crippen LogP contribution in [0.5, 0.6) is 5.75 Å². The number of nitro groups is 1. The van der Waals surface area contributed by atoms with Gasteiger partial charge >= 0.3 is 0 Å². The first-order chi connectivity index (χ1) is 17.0. The molecule has 0 atom stereocenters. The number of nitro benzene ring substituents is 1. The average Bonchev–Trinajstić information content (AvgIpc) is 2.89. The fourth-order valence-electron chi connectivity index (χ4n) is 3.34. The number of hydrazone groups is 1. The van der Waals surface area contributed by atoms with E-state index < -0.39 is 10.8 Å². The van der Waals surface area contributed by atoms with Gasteiger partial charge in [0.05, 0.1) is 11.1 Å². The molecule has 0 radical (unpaired) electrons. The molecule has 0 spiro atoms. The predicted octanol–water partition coefficient (Wildman–Crippen LogP) is 6.26. The first-order valence-corrected chi connectivity index (χ1v) is 11.0. The van der Waals surface area contributed by atoms with Crippen LogP contribution in [0.25, 0.3) is 11.1 Å². The van der Waals surface area contributed by atoms with E-state index in [2.05, 4.69) is 10.5 Å². The average molecular weight is 486 g/mol. The second-order valence-electron chi connectivity index (χ2n) is 7.51. The number of hydrogen-bond donors (Lipinski definition) is 1. The summed E-state index contributed by atoms with van der Waals surface area (Å²) in [5.74, 6) is 0.365. The first kappa shape index (κ1) is 23.7. The molecule has 4 aromatic carbocycles. The minimum Gasteiger partial charge on any atom is -0.488 e. The van der Waals surface area contributed by atoms with Gasteiger partial charge in [0, 0.05) is 22.8 Å². The molecule has 0 saturated carbocycles. The third-order valence-electron chi connectivity index (χ3n) is 5.13. The van der Waals surface area contributed by atoms with E-state index in [9.17, 15) is 14.9 Å². The molecule has 4 aromatic rings. The molecule has 0 heterocycles. The minimum atomic E-state index is -0.580. The van der Waals surface area contributed by atoms with Crippen molar-refractivity contribution < 1.29 is 14.5 Å². The second-order valence-corrected chi connectivity index (χ2v) is 7.92. The molecule has 0 saturated heterocycles. The van der Waals surface area contributed by atoms with Gasteiger partial charge in [0.1, 0.15) is 17.4 Å². The van der Waals surface area contributed by atoms with E-state index >= 15 is 0 Å². The van der Waals surface area contributed by atoms with Crippen LogP contribution in [-0.2, 0) is 6.61 Å². The maximum Gasteiger partial charge on any atom is 0.288 e. The number of hydrogen-bond acceptors (Lipinski definition) is 5. The van der Waals surface area contributed by atoms with Gasteiger partial charge in [-0.3, -0.25) is 14.9 Å². The molecule has 0 fully saturated rings. The van der Waals surface area contributed by atoms with Crippen molar-refractivity contribution >= 4 is 29.4 Å². The number of amides is 1. The van der Waals surface area contributed by atoms with Gasteiger partial charge in [-0.25, -0.2) is 5.43 Å². The molecule has 0 aromatic heterocycles. The topological polar surface area (TPSA) is 93.8 Å². The fraction of sp³-hybridized carbons (Fsp3) is 0.0370. The second kappa shape index (κ2) is 11.1. The molecule has 0 bridgehead atoms. The quantitative estimate of drug-likeness (QED) is 0.181. The zero-order chi connectivity index (χ0) is 24.6. The summed E-state index contributed by atoms with van der Waals surface area (Å²) in [6.07, 6.45) is 1.31. The maximum absolute atomic E-state index is 12.4. The summed E-state index contributed by atoms with van der Waals surface area (Å²) in [7, 11) is 0. The molecule has 1 amide bonds. The Labute approximate surface area is 206 Å². The molecule has 4 rings (SSSR count). The molecular formula is C27H20ClN3O4. The Kier molecular flexibility index (Phi) is 7.50. The Morgan fingerprint density at radius 1 is 0.971 bits per heavy atom. The zero-order valence-corrected chi connectivity index (χ0v) is 19.2. The van der Waals surface area contributed by atoms with Crippen molar-refractivity contribution in [3.63, 3.8) is 0 Å². The van der Waals surface area contributed by atoms with Gasteiger partial charge in [-0.15, -0.1) is 0 Å². The minimum absolute atomic E-state index is 0.0313. The van der Waals surface area contributed by atoms with E-state index in [4.69, 9.17) is 16.3 Å². The Morgan fingerprint density at radius 3 is 2.43 bits per heavy atom. The molecule has 7 nitrogen and oxygen atoms in total. The van der Waals surface area contributed by atoms with Crippen molar-refractivity contribution in [1.29, 1.82) is 0 Å². The van der Waals surface area contributed by atoms with Crippen LogP contribution in [0.15, 0.2) is 102 Å². The zero-order valence-electron chi connectivity index (χ0n) is 18.4. The summed E-state index contributed by atoms with van der Waals surface area (Å²) in [6.45, 7) is 0.346. The lowest BCUT2D eigenvalue weighted by molar-refractivity contribution is -0.384. The van der Waals surface area contributed by atoms with Crippen LogP contribution < -0.4 is 10.2 Å². The summed E-state index contributed by atoms with van der Waals surface area (Å²) in [5.41, 5.74) is 6.01. The van der Waals surface area contributed by atoms with Gasteiger partial charge < -0.3 is 4.74 Å². The number of halogens is 1. The highest BCUT2D eigenvalue weighted by Crippen LogP contribution is 2.30. The first-order valence-electron chi connectivity index (χ1n) is 10.6. The third kappa shape index (κ3) is 6.10. The van der Waals surface area contributed by atoms with Crippen molar-refractivity contribution in [2.24, 2.45) is 5.10 Å². The van der Waals surface area contributed by atoms with Gasteiger partial charge in [-0.1, -0.05) is 78.3 Å². The van der Waals surface area contributed by atoms with E-state index in [-0.39, 0.29) is 10.7 Å². The number of carbonyl (C=O) groups excluding carboxylic acids is 1. The van der Waals surface area contributed by atoms with E-state index in [0.29, 0.717) is 17.7 Å². The Balaban J connectivity index is 1.36. The molecule has 8 heteroatoms. The lowest BCUT2D eigenvalue weighted by Crippen LogP contribution is -2.17. The number of para-hydroxylation sites is 1. The fourth-order valence-corrected chi connectivity index (χ4v) is 3.53. The Hall–Kier alpha value is -4.49. The third-order valence-corrected chi connectivity index (χ3v) is 5.45. The van der Waals surface area contributed by atoms with E-state index in [1.54, 1.807) is 18.2 Å². The smallest absolute Gasteiger partial charge is 0.288 e.